The smallest absolute Gasteiger partial charge is 0.0655 e. The molecule has 0 aliphatic heterocycles. The molecule has 0 saturated heterocycles. The van der Waals surface area contributed by atoms with Gasteiger partial charge in [0, 0.05) is 17.4 Å². The Morgan fingerprint density at radius 3 is 2.24 bits per heavy atom. The first-order chi connectivity index (χ1) is 14.2. The van der Waals surface area contributed by atoms with Gasteiger partial charge in [-0.3, -0.25) is 0 Å². The molecular weight excluding hydrogens is 350 g/mol. The van der Waals surface area contributed by atoms with Gasteiger partial charge in [0.15, 0.2) is 0 Å². The summed E-state index contributed by atoms with van der Waals surface area (Å²) in [5.74, 6) is 10.0. The van der Waals surface area contributed by atoms with Crippen molar-refractivity contribution in [1.29, 1.82) is 5.26 Å². The second kappa shape index (κ2) is 11.3. The zero-order valence-corrected chi connectivity index (χ0v) is 18.2. The van der Waals surface area contributed by atoms with Crippen LogP contribution in [0, 0.1) is 52.8 Å². The Kier molecular flexibility index (Phi) is 8.43. The zero-order chi connectivity index (χ0) is 20.5. The van der Waals surface area contributed by atoms with Crippen molar-refractivity contribution in [3.8, 4) is 17.9 Å². The molecule has 0 amide bonds. The van der Waals surface area contributed by atoms with E-state index in [9.17, 15) is 0 Å². The first-order valence-electron chi connectivity index (χ1n) is 11.8. The highest BCUT2D eigenvalue weighted by Crippen LogP contribution is 2.37. The largest absolute Gasteiger partial charge is 0.198 e. The number of rotatable bonds is 6. The molecule has 3 rings (SSSR count). The van der Waals surface area contributed by atoms with E-state index in [0.29, 0.717) is 5.92 Å². The van der Waals surface area contributed by atoms with Crippen molar-refractivity contribution in [2.24, 2.45) is 29.6 Å². The standard InChI is InChI=1S/C28H37N/c1-3-27(4-2)28-19-17-25(18-20-28)12-11-23-7-5-22(6-8-23)9-10-24-13-15-26(21-29)16-14-24/h3,5-8,24-28H,1,4,11-20H2,2H3. The number of nitrogens with zero attached hydrogens (tertiary/aromatic N) is 1. The van der Waals surface area contributed by atoms with Gasteiger partial charge in [-0.25, -0.2) is 0 Å². The lowest BCUT2D eigenvalue weighted by Crippen LogP contribution is -2.20. The SMILES string of the molecule is C=CC(CC)C1CCC(CCc2ccc(C#CC3CCC(C#N)CC3)cc2)CC1. The monoisotopic (exact) mass is 387 g/mol. The molecule has 2 aliphatic rings. The predicted molar refractivity (Wildman–Crippen MR) is 122 cm³/mol. The molecular formula is C28H37N. The number of aryl methyl sites for hydroxylation is 1. The van der Waals surface area contributed by atoms with Gasteiger partial charge in [-0.1, -0.05) is 49.8 Å². The second-order valence-electron chi connectivity index (χ2n) is 9.27. The summed E-state index contributed by atoms with van der Waals surface area (Å²) in [5.41, 5.74) is 2.58. The van der Waals surface area contributed by atoms with Gasteiger partial charge in [0.05, 0.1) is 6.07 Å². The topological polar surface area (TPSA) is 23.8 Å². The average Bonchev–Trinajstić information content (AvgIpc) is 2.79. The number of hydrogen-bond donors (Lipinski definition) is 0. The Bertz CT molecular complexity index is 725. The molecule has 1 unspecified atom stereocenters. The third-order valence-corrected chi connectivity index (χ3v) is 7.40. The fourth-order valence-electron chi connectivity index (χ4n) is 5.28. The van der Waals surface area contributed by atoms with E-state index in [1.54, 1.807) is 0 Å². The normalized spacial score (nSPS) is 27.9. The Balaban J connectivity index is 1.41. The van der Waals surface area contributed by atoms with Crippen LogP contribution in [0.15, 0.2) is 36.9 Å². The molecule has 1 aromatic carbocycles. The van der Waals surface area contributed by atoms with Gasteiger partial charge in [-0.2, -0.15) is 5.26 Å². The van der Waals surface area contributed by atoms with E-state index in [0.717, 1.165) is 49.0 Å². The van der Waals surface area contributed by atoms with Crippen LogP contribution in [0.1, 0.15) is 82.3 Å². The van der Waals surface area contributed by atoms with Gasteiger partial charge in [0.25, 0.3) is 0 Å². The van der Waals surface area contributed by atoms with Crippen LogP contribution in [0.5, 0.6) is 0 Å². The van der Waals surface area contributed by atoms with Crippen molar-refractivity contribution < 1.29 is 0 Å². The summed E-state index contributed by atoms with van der Waals surface area (Å²) in [7, 11) is 0. The highest BCUT2D eigenvalue weighted by Gasteiger charge is 2.25. The summed E-state index contributed by atoms with van der Waals surface area (Å²) >= 11 is 0. The lowest BCUT2D eigenvalue weighted by Gasteiger charge is -2.32. The molecule has 0 heterocycles. The second-order valence-corrected chi connectivity index (χ2v) is 9.27. The molecule has 0 aromatic heterocycles. The van der Waals surface area contributed by atoms with Gasteiger partial charge >= 0.3 is 0 Å². The first-order valence-corrected chi connectivity index (χ1v) is 11.8. The molecule has 2 aliphatic carbocycles. The molecule has 2 fully saturated rings. The van der Waals surface area contributed by atoms with Crippen LogP contribution in [0.3, 0.4) is 0 Å². The highest BCUT2D eigenvalue weighted by molar-refractivity contribution is 5.36. The van der Waals surface area contributed by atoms with Gasteiger partial charge in [0.2, 0.25) is 0 Å². The van der Waals surface area contributed by atoms with Crippen LogP contribution >= 0.6 is 0 Å². The molecule has 29 heavy (non-hydrogen) atoms. The third-order valence-electron chi connectivity index (χ3n) is 7.40. The summed E-state index contributed by atoms with van der Waals surface area (Å²) in [6.07, 6.45) is 15.7. The predicted octanol–water partition coefficient (Wildman–Crippen LogP) is 7.32. The fourth-order valence-corrected chi connectivity index (χ4v) is 5.28. The van der Waals surface area contributed by atoms with Crippen molar-refractivity contribution in [2.75, 3.05) is 0 Å². The van der Waals surface area contributed by atoms with E-state index in [4.69, 9.17) is 5.26 Å². The minimum Gasteiger partial charge on any atom is -0.198 e. The van der Waals surface area contributed by atoms with Gasteiger partial charge in [-0.05, 0) is 93.2 Å². The van der Waals surface area contributed by atoms with Crippen molar-refractivity contribution in [3.05, 3.63) is 48.0 Å². The maximum Gasteiger partial charge on any atom is 0.0655 e. The van der Waals surface area contributed by atoms with E-state index in [2.05, 4.69) is 61.8 Å². The third kappa shape index (κ3) is 6.51. The molecule has 2 saturated carbocycles. The summed E-state index contributed by atoms with van der Waals surface area (Å²) in [4.78, 5) is 0. The Morgan fingerprint density at radius 1 is 1.00 bits per heavy atom. The molecule has 0 radical (unpaired) electrons. The lowest BCUT2D eigenvalue weighted by atomic mass is 9.73. The molecule has 0 N–H and O–H groups in total. The highest BCUT2D eigenvalue weighted by atomic mass is 14.3. The lowest BCUT2D eigenvalue weighted by molar-refractivity contribution is 0.219. The molecule has 1 atom stereocenters. The van der Waals surface area contributed by atoms with E-state index in [-0.39, 0.29) is 5.92 Å². The maximum atomic E-state index is 9.00. The van der Waals surface area contributed by atoms with Crippen LogP contribution in [0.25, 0.3) is 0 Å². The quantitative estimate of drug-likeness (QED) is 0.370. The minimum absolute atomic E-state index is 0.262. The zero-order valence-electron chi connectivity index (χ0n) is 18.2. The van der Waals surface area contributed by atoms with Crippen molar-refractivity contribution in [2.45, 2.75) is 77.6 Å². The maximum absolute atomic E-state index is 9.00. The number of benzene rings is 1. The number of hydrogen-bond acceptors (Lipinski definition) is 1. The van der Waals surface area contributed by atoms with E-state index in [1.807, 2.05) is 0 Å². The molecule has 0 spiro atoms. The summed E-state index contributed by atoms with van der Waals surface area (Å²) in [5, 5.41) is 9.00. The van der Waals surface area contributed by atoms with Gasteiger partial charge in [-0.15, -0.1) is 6.58 Å². The molecule has 1 heteroatoms. The van der Waals surface area contributed by atoms with Crippen molar-refractivity contribution >= 4 is 0 Å². The molecule has 0 bridgehead atoms. The van der Waals surface area contributed by atoms with E-state index in [1.165, 1.54) is 50.5 Å². The van der Waals surface area contributed by atoms with Crippen LogP contribution < -0.4 is 0 Å². The fraction of sp³-hybridized carbons (Fsp3) is 0.607. The van der Waals surface area contributed by atoms with Crippen molar-refractivity contribution in [3.63, 3.8) is 0 Å². The first kappa shape index (κ1) is 21.7. The van der Waals surface area contributed by atoms with E-state index >= 15 is 0 Å². The van der Waals surface area contributed by atoms with Crippen LogP contribution in [-0.4, -0.2) is 0 Å². The molecule has 1 nitrogen and oxygen atoms in total. The molecule has 154 valence electrons. The Labute approximate surface area is 178 Å². The van der Waals surface area contributed by atoms with Crippen LogP contribution in [-0.2, 0) is 6.42 Å². The number of allylic oxidation sites excluding steroid dienone is 1. The van der Waals surface area contributed by atoms with Gasteiger partial charge in [0.1, 0.15) is 0 Å². The minimum atomic E-state index is 0.262. The van der Waals surface area contributed by atoms with Crippen molar-refractivity contribution in [1.82, 2.24) is 0 Å². The van der Waals surface area contributed by atoms with Gasteiger partial charge < -0.3 is 0 Å². The number of nitriles is 1. The summed E-state index contributed by atoms with van der Waals surface area (Å²) in [6.45, 7) is 6.33. The summed E-state index contributed by atoms with van der Waals surface area (Å²) < 4.78 is 0. The molecule has 1 aromatic rings. The van der Waals surface area contributed by atoms with Crippen LogP contribution in [0.2, 0.25) is 0 Å². The Morgan fingerprint density at radius 2 is 1.66 bits per heavy atom. The average molecular weight is 388 g/mol. The van der Waals surface area contributed by atoms with Crippen LogP contribution in [0.4, 0.5) is 0 Å². The summed E-state index contributed by atoms with van der Waals surface area (Å²) in [6, 6.07) is 11.3. The van der Waals surface area contributed by atoms with E-state index < -0.39 is 0 Å². The Hall–Kier alpha value is -1.99.